The van der Waals surface area contributed by atoms with E-state index < -0.39 is 22.9 Å². The first-order valence-electron chi connectivity index (χ1n) is 13.7. The van der Waals surface area contributed by atoms with Gasteiger partial charge < -0.3 is 10.2 Å². The standard InChI is InChI=1S/C30H46O4/c1-25(2)12-14-30(24(33)34)15-13-27(5)18(19(30)17-25)8-9-21-28(27,6)11-10-20-26(3,4)22(31)16-23(32)29(20,21)7/h8,19-22,31H,9-17H2,1-7H3,(H,33,34)/t19-,20-,21-,22?,27+,28+,29-,30-/m0/s1. The number of carbonyl (C=O) groups is 2. The zero-order valence-electron chi connectivity index (χ0n) is 22.5. The van der Waals surface area contributed by atoms with Crippen molar-refractivity contribution in [2.24, 2.45) is 50.2 Å². The highest BCUT2D eigenvalue weighted by Crippen LogP contribution is 2.75. The molecule has 4 nitrogen and oxygen atoms in total. The molecule has 8 atom stereocenters. The number of fused-ring (bicyclic) bond motifs is 7. The molecule has 5 aliphatic rings. The topological polar surface area (TPSA) is 74.6 Å². The van der Waals surface area contributed by atoms with Crippen LogP contribution in [0.25, 0.3) is 0 Å². The van der Waals surface area contributed by atoms with Gasteiger partial charge >= 0.3 is 5.97 Å². The number of carboxylic acid groups (broad SMARTS) is 1. The number of rotatable bonds is 1. The molecule has 0 aliphatic heterocycles. The van der Waals surface area contributed by atoms with Crippen molar-refractivity contribution in [2.75, 3.05) is 0 Å². The molecule has 0 bridgehead atoms. The minimum Gasteiger partial charge on any atom is -0.481 e. The van der Waals surface area contributed by atoms with Crippen molar-refractivity contribution >= 4 is 11.8 Å². The summed E-state index contributed by atoms with van der Waals surface area (Å²) in [4.78, 5) is 26.5. The zero-order valence-corrected chi connectivity index (χ0v) is 22.5. The van der Waals surface area contributed by atoms with Crippen molar-refractivity contribution in [1.29, 1.82) is 0 Å². The Morgan fingerprint density at radius 3 is 2.24 bits per heavy atom. The molecule has 4 fully saturated rings. The van der Waals surface area contributed by atoms with Gasteiger partial charge in [0.1, 0.15) is 5.78 Å². The number of hydrogen-bond donors (Lipinski definition) is 2. The number of Topliss-reactive ketones (excluding diaryl/α,β-unsaturated/α-hetero) is 1. The first-order chi connectivity index (χ1) is 15.6. The van der Waals surface area contributed by atoms with E-state index >= 15 is 0 Å². The van der Waals surface area contributed by atoms with Gasteiger partial charge in [-0.25, -0.2) is 0 Å². The van der Waals surface area contributed by atoms with Gasteiger partial charge in [0.15, 0.2) is 0 Å². The van der Waals surface area contributed by atoms with Crippen LogP contribution >= 0.6 is 0 Å². The Morgan fingerprint density at radius 2 is 1.59 bits per heavy atom. The fourth-order valence-electron chi connectivity index (χ4n) is 10.3. The third-order valence-corrected chi connectivity index (χ3v) is 12.9. The van der Waals surface area contributed by atoms with Crippen LogP contribution in [0.1, 0.15) is 106 Å². The lowest BCUT2D eigenvalue weighted by molar-refractivity contribution is -0.203. The number of carboxylic acids is 1. The molecule has 5 aliphatic carbocycles. The Balaban J connectivity index is 1.63. The van der Waals surface area contributed by atoms with E-state index in [1.165, 1.54) is 5.57 Å². The molecule has 4 saturated carbocycles. The monoisotopic (exact) mass is 470 g/mol. The molecule has 0 aromatic heterocycles. The largest absolute Gasteiger partial charge is 0.481 e. The average Bonchev–Trinajstić information content (AvgIpc) is 2.72. The normalized spacial score (nSPS) is 51.3. The molecular weight excluding hydrogens is 424 g/mol. The molecule has 1 unspecified atom stereocenters. The highest BCUT2D eigenvalue weighted by Gasteiger charge is 2.71. The van der Waals surface area contributed by atoms with Gasteiger partial charge in [0.25, 0.3) is 0 Å². The van der Waals surface area contributed by atoms with Gasteiger partial charge in [0.05, 0.1) is 11.5 Å². The summed E-state index contributed by atoms with van der Waals surface area (Å²) in [5, 5.41) is 21.3. The van der Waals surface area contributed by atoms with Gasteiger partial charge in [0, 0.05) is 11.8 Å². The van der Waals surface area contributed by atoms with Gasteiger partial charge in [-0.05, 0) is 90.8 Å². The molecule has 0 aromatic carbocycles. The maximum Gasteiger partial charge on any atom is 0.310 e. The number of allylic oxidation sites excluding steroid dienone is 2. The van der Waals surface area contributed by atoms with Crippen molar-refractivity contribution in [3.05, 3.63) is 11.6 Å². The fraction of sp³-hybridized carbons (Fsp3) is 0.867. The van der Waals surface area contributed by atoms with Crippen LogP contribution in [0, 0.1) is 50.2 Å². The lowest BCUT2D eigenvalue weighted by Crippen LogP contribution is -2.67. The van der Waals surface area contributed by atoms with E-state index in [0.717, 1.165) is 51.4 Å². The van der Waals surface area contributed by atoms with Crippen molar-refractivity contribution in [1.82, 2.24) is 0 Å². The highest BCUT2D eigenvalue weighted by atomic mass is 16.4. The minimum absolute atomic E-state index is 0.0391. The molecular formula is C30H46O4. The quantitative estimate of drug-likeness (QED) is 0.434. The van der Waals surface area contributed by atoms with E-state index in [1.807, 2.05) is 0 Å². The number of hydrogen-bond acceptors (Lipinski definition) is 3. The Kier molecular flexibility index (Phi) is 5.04. The second-order valence-electron chi connectivity index (χ2n) is 14.9. The van der Waals surface area contributed by atoms with E-state index in [2.05, 4.69) is 54.5 Å². The summed E-state index contributed by atoms with van der Waals surface area (Å²) in [6, 6.07) is 0. The first-order valence-corrected chi connectivity index (χ1v) is 13.7. The summed E-state index contributed by atoms with van der Waals surface area (Å²) in [6.45, 7) is 16.0. The van der Waals surface area contributed by atoms with Crippen LogP contribution in [-0.4, -0.2) is 28.1 Å². The van der Waals surface area contributed by atoms with Crippen molar-refractivity contribution in [3.8, 4) is 0 Å². The Hall–Kier alpha value is -1.16. The molecule has 0 amide bonds. The Bertz CT molecular complexity index is 961. The maximum atomic E-state index is 13.7. The smallest absolute Gasteiger partial charge is 0.310 e. The lowest BCUT2D eigenvalue weighted by Gasteiger charge is -2.70. The molecule has 0 radical (unpaired) electrons. The predicted octanol–water partition coefficient (Wildman–Crippen LogP) is 6.41. The third-order valence-electron chi connectivity index (χ3n) is 12.9. The van der Waals surface area contributed by atoms with E-state index in [-0.39, 0.29) is 51.6 Å². The number of aliphatic hydroxyl groups is 1. The molecule has 34 heavy (non-hydrogen) atoms. The van der Waals surface area contributed by atoms with Crippen molar-refractivity contribution < 1.29 is 19.8 Å². The van der Waals surface area contributed by atoms with Crippen LogP contribution in [0.3, 0.4) is 0 Å². The van der Waals surface area contributed by atoms with E-state index in [0.29, 0.717) is 0 Å². The van der Waals surface area contributed by atoms with Gasteiger partial charge in [-0.15, -0.1) is 0 Å². The number of aliphatic hydroxyl groups excluding tert-OH is 1. The van der Waals surface area contributed by atoms with Crippen molar-refractivity contribution in [2.45, 2.75) is 112 Å². The molecule has 0 aromatic rings. The summed E-state index contributed by atoms with van der Waals surface area (Å²) in [5.74, 6) is 0.160. The van der Waals surface area contributed by atoms with Crippen LogP contribution in [0.15, 0.2) is 11.6 Å². The fourth-order valence-corrected chi connectivity index (χ4v) is 10.3. The molecule has 4 heteroatoms. The van der Waals surface area contributed by atoms with E-state index in [4.69, 9.17) is 0 Å². The van der Waals surface area contributed by atoms with Crippen LogP contribution in [-0.2, 0) is 9.59 Å². The summed E-state index contributed by atoms with van der Waals surface area (Å²) in [6.07, 6.45) is 9.32. The lowest BCUT2D eigenvalue weighted by atomic mass is 9.33. The maximum absolute atomic E-state index is 13.7. The van der Waals surface area contributed by atoms with Gasteiger partial charge in [0.2, 0.25) is 0 Å². The van der Waals surface area contributed by atoms with E-state index in [1.54, 1.807) is 0 Å². The molecule has 0 spiro atoms. The molecule has 2 N–H and O–H groups in total. The Labute approximate surface area is 206 Å². The molecule has 0 heterocycles. The molecule has 190 valence electrons. The SMILES string of the molecule is CC1(C)CC[C@]2(C(=O)O)CC[C@]3(C)C(=CC[C@@H]4[C@@]5(C)C(=O)CC(O)C(C)(C)[C@@H]5CC[C@]43C)[C@@H]2C1. The highest BCUT2D eigenvalue weighted by molar-refractivity contribution is 5.87. The predicted molar refractivity (Wildman–Crippen MR) is 133 cm³/mol. The number of ketones is 1. The van der Waals surface area contributed by atoms with Crippen LogP contribution in [0.4, 0.5) is 0 Å². The van der Waals surface area contributed by atoms with Crippen molar-refractivity contribution in [3.63, 3.8) is 0 Å². The summed E-state index contributed by atoms with van der Waals surface area (Å²) >= 11 is 0. The summed E-state index contributed by atoms with van der Waals surface area (Å²) in [7, 11) is 0. The minimum atomic E-state index is -0.627. The first kappa shape index (κ1) is 24.5. The van der Waals surface area contributed by atoms with Gasteiger partial charge in [-0.3, -0.25) is 9.59 Å². The zero-order chi connectivity index (χ0) is 25.1. The third kappa shape index (κ3) is 2.75. The number of carbonyl (C=O) groups excluding carboxylic acids is 1. The summed E-state index contributed by atoms with van der Waals surface area (Å²) < 4.78 is 0. The summed E-state index contributed by atoms with van der Waals surface area (Å²) in [5.41, 5.74) is 0.101. The van der Waals surface area contributed by atoms with Crippen LogP contribution in [0.2, 0.25) is 0 Å². The van der Waals surface area contributed by atoms with Crippen LogP contribution in [0.5, 0.6) is 0 Å². The van der Waals surface area contributed by atoms with Gasteiger partial charge in [-0.2, -0.15) is 0 Å². The average molecular weight is 471 g/mol. The van der Waals surface area contributed by atoms with Crippen LogP contribution < -0.4 is 0 Å². The second-order valence-corrected chi connectivity index (χ2v) is 14.9. The number of aliphatic carboxylic acids is 1. The second kappa shape index (κ2) is 6.99. The molecule has 0 saturated heterocycles. The molecule has 5 rings (SSSR count). The van der Waals surface area contributed by atoms with E-state index in [9.17, 15) is 19.8 Å². The van der Waals surface area contributed by atoms with Gasteiger partial charge in [-0.1, -0.05) is 60.1 Å². The Morgan fingerprint density at radius 1 is 0.941 bits per heavy atom.